The van der Waals surface area contributed by atoms with Gasteiger partial charge in [0.15, 0.2) is 6.29 Å². The van der Waals surface area contributed by atoms with Crippen LogP contribution < -0.4 is 0 Å². The summed E-state index contributed by atoms with van der Waals surface area (Å²) < 4.78 is 4.59. The molecular formula is C7H10O5. The summed E-state index contributed by atoms with van der Waals surface area (Å²) in [6.45, 7) is 0. The van der Waals surface area contributed by atoms with Gasteiger partial charge in [-0.15, -0.1) is 6.42 Å². The molecular weight excluding hydrogens is 164 g/mol. The van der Waals surface area contributed by atoms with Crippen LogP contribution in [0.1, 0.15) is 0 Å². The molecule has 4 N–H and O–H groups in total. The Labute approximate surface area is 69.2 Å². The van der Waals surface area contributed by atoms with E-state index in [4.69, 9.17) is 26.8 Å². The predicted molar refractivity (Wildman–Crippen MR) is 37.7 cm³/mol. The van der Waals surface area contributed by atoms with Crippen molar-refractivity contribution >= 4 is 0 Å². The fraction of sp³-hybridized carbons (Fsp3) is 0.714. The van der Waals surface area contributed by atoms with Crippen molar-refractivity contribution in [1.29, 1.82) is 0 Å². The van der Waals surface area contributed by atoms with Crippen molar-refractivity contribution in [3.63, 3.8) is 0 Å². The SMILES string of the molecule is C#CC1OC(O)[C@@H](O)[C@H](O)[C@@H]1O. The number of terminal acetylenes is 1. The van der Waals surface area contributed by atoms with Crippen molar-refractivity contribution in [3.8, 4) is 12.3 Å². The lowest BCUT2D eigenvalue weighted by Crippen LogP contribution is -2.56. The van der Waals surface area contributed by atoms with Crippen LogP contribution in [0.2, 0.25) is 0 Å². The molecule has 0 aliphatic carbocycles. The van der Waals surface area contributed by atoms with Crippen LogP contribution in [-0.2, 0) is 4.74 Å². The summed E-state index contributed by atoms with van der Waals surface area (Å²) in [5, 5.41) is 36.1. The van der Waals surface area contributed by atoms with Gasteiger partial charge in [-0.2, -0.15) is 0 Å². The highest BCUT2D eigenvalue weighted by atomic mass is 16.6. The molecule has 2 unspecified atom stereocenters. The average molecular weight is 174 g/mol. The normalized spacial score (nSPS) is 48.4. The third kappa shape index (κ3) is 1.43. The van der Waals surface area contributed by atoms with Gasteiger partial charge in [0.2, 0.25) is 0 Å². The van der Waals surface area contributed by atoms with Gasteiger partial charge in [0.25, 0.3) is 0 Å². The summed E-state index contributed by atoms with van der Waals surface area (Å²) >= 11 is 0. The quantitative estimate of drug-likeness (QED) is 0.303. The van der Waals surface area contributed by atoms with E-state index in [0.29, 0.717) is 0 Å². The lowest BCUT2D eigenvalue weighted by Gasteiger charge is -2.35. The molecule has 12 heavy (non-hydrogen) atoms. The van der Waals surface area contributed by atoms with Crippen LogP contribution in [0.3, 0.4) is 0 Å². The van der Waals surface area contributed by atoms with Crippen LogP contribution >= 0.6 is 0 Å². The second-order valence-corrected chi connectivity index (χ2v) is 2.59. The van der Waals surface area contributed by atoms with Crippen LogP contribution in [0.5, 0.6) is 0 Å². The number of hydrogen-bond acceptors (Lipinski definition) is 5. The Hall–Kier alpha value is -0.640. The molecule has 68 valence electrons. The fourth-order valence-corrected chi connectivity index (χ4v) is 0.999. The Morgan fingerprint density at radius 1 is 1.00 bits per heavy atom. The summed E-state index contributed by atoms with van der Waals surface area (Å²) in [6.07, 6.45) is -2.08. The zero-order chi connectivity index (χ0) is 9.30. The molecule has 0 spiro atoms. The highest BCUT2D eigenvalue weighted by Crippen LogP contribution is 2.18. The van der Waals surface area contributed by atoms with Gasteiger partial charge in [-0.25, -0.2) is 0 Å². The zero-order valence-corrected chi connectivity index (χ0v) is 6.16. The topological polar surface area (TPSA) is 90.2 Å². The van der Waals surface area contributed by atoms with Gasteiger partial charge >= 0.3 is 0 Å². The highest BCUT2D eigenvalue weighted by molar-refractivity contribution is 5.04. The molecule has 0 aromatic carbocycles. The summed E-state index contributed by atoms with van der Waals surface area (Å²) in [6, 6.07) is 0. The number of aliphatic hydroxyl groups is 4. The van der Waals surface area contributed by atoms with Crippen LogP contribution in [0.4, 0.5) is 0 Å². The molecule has 0 amide bonds. The molecule has 1 rings (SSSR count). The van der Waals surface area contributed by atoms with E-state index in [2.05, 4.69) is 4.74 Å². The van der Waals surface area contributed by atoms with Crippen molar-refractivity contribution in [2.75, 3.05) is 0 Å². The molecule has 0 bridgehead atoms. The number of ether oxygens (including phenoxy) is 1. The molecule has 0 radical (unpaired) electrons. The van der Waals surface area contributed by atoms with Gasteiger partial charge in [-0.1, -0.05) is 5.92 Å². The van der Waals surface area contributed by atoms with Gasteiger partial charge in [0.1, 0.15) is 24.4 Å². The smallest absolute Gasteiger partial charge is 0.185 e. The Balaban J connectivity index is 2.72. The predicted octanol–water partition coefficient (Wildman–Crippen LogP) is -2.58. The first-order valence-electron chi connectivity index (χ1n) is 3.41. The van der Waals surface area contributed by atoms with Gasteiger partial charge in [-0.3, -0.25) is 0 Å². The molecule has 1 aliphatic rings. The van der Waals surface area contributed by atoms with Crippen molar-refractivity contribution in [1.82, 2.24) is 0 Å². The zero-order valence-electron chi connectivity index (χ0n) is 6.16. The summed E-state index contributed by atoms with van der Waals surface area (Å²) in [7, 11) is 0. The van der Waals surface area contributed by atoms with E-state index in [1.807, 2.05) is 5.92 Å². The van der Waals surface area contributed by atoms with Crippen molar-refractivity contribution in [2.24, 2.45) is 0 Å². The van der Waals surface area contributed by atoms with Crippen molar-refractivity contribution in [3.05, 3.63) is 0 Å². The minimum atomic E-state index is -1.55. The maximum Gasteiger partial charge on any atom is 0.185 e. The number of aliphatic hydroxyl groups excluding tert-OH is 4. The van der Waals surface area contributed by atoms with Crippen molar-refractivity contribution in [2.45, 2.75) is 30.7 Å². The minimum absolute atomic E-state index is 1.08. The molecule has 0 aromatic rings. The van der Waals surface area contributed by atoms with Gasteiger partial charge in [0.05, 0.1) is 0 Å². The monoisotopic (exact) mass is 174 g/mol. The third-order valence-electron chi connectivity index (χ3n) is 1.75. The standard InChI is InChI=1S/C7H10O5/c1-2-3-4(8)5(9)6(10)7(11)12-3/h1,3-11H/t3?,4-,5-,6+,7?/m1/s1. The molecule has 1 aliphatic heterocycles. The third-order valence-corrected chi connectivity index (χ3v) is 1.75. The first-order chi connectivity index (χ1) is 5.57. The van der Waals surface area contributed by atoms with Gasteiger partial charge < -0.3 is 25.2 Å². The largest absolute Gasteiger partial charge is 0.387 e. The number of hydrogen-bond donors (Lipinski definition) is 4. The maximum absolute atomic E-state index is 9.14. The summed E-state index contributed by atoms with van der Waals surface area (Å²) in [4.78, 5) is 0. The first kappa shape index (κ1) is 9.45. The van der Waals surface area contributed by atoms with Gasteiger partial charge in [-0.05, 0) is 0 Å². The molecule has 5 atom stereocenters. The Morgan fingerprint density at radius 2 is 1.58 bits per heavy atom. The van der Waals surface area contributed by atoms with Crippen LogP contribution in [0, 0.1) is 12.3 Å². The van der Waals surface area contributed by atoms with Gasteiger partial charge in [0, 0.05) is 0 Å². The Morgan fingerprint density at radius 3 is 2.08 bits per heavy atom. The van der Waals surface area contributed by atoms with Crippen LogP contribution in [0.15, 0.2) is 0 Å². The Bertz CT molecular complexity index is 198. The van der Waals surface area contributed by atoms with E-state index in [1.54, 1.807) is 0 Å². The molecule has 1 heterocycles. The second-order valence-electron chi connectivity index (χ2n) is 2.59. The van der Waals surface area contributed by atoms with E-state index in [1.165, 1.54) is 0 Å². The van der Waals surface area contributed by atoms with Crippen molar-refractivity contribution < 1.29 is 25.2 Å². The lowest BCUT2D eigenvalue weighted by molar-refractivity contribution is -0.269. The molecule has 1 saturated heterocycles. The van der Waals surface area contributed by atoms with E-state index >= 15 is 0 Å². The molecule has 5 heteroatoms. The highest BCUT2D eigenvalue weighted by Gasteiger charge is 2.42. The minimum Gasteiger partial charge on any atom is -0.387 e. The second kappa shape index (κ2) is 3.39. The average Bonchev–Trinajstić information content (AvgIpc) is 2.08. The fourth-order valence-electron chi connectivity index (χ4n) is 0.999. The van der Waals surface area contributed by atoms with Crippen LogP contribution in [-0.4, -0.2) is 51.1 Å². The van der Waals surface area contributed by atoms with E-state index in [9.17, 15) is 0 Å². The van der Waals surface area contributed by atoms with Crippen LogP contribution in [0.25, 0.3) is 0 Å². The lowest BCUT2D eigenvalue weighted by atomic mass is 10.00. The number of rotatable bonds is 0. The molecule has 0 aromatic heterocycles. The molecule has 0 saturated carbocycles. The van der Waals surface area contributed by atoms with E-state index in [-0.39, 0.29) is 0 Å². The van der Waals surface area contributed by atoms with E-state index < -0.39 is 30.7 Å². The first-order valence-corrected chi connectivity index (χ1v) is 3.41. The maximum atomic E-state index is 9.14. The van der Waals surface area contributed by atoms with E-state index in [0.717, 1.165) is 0 Å². The summed E-state index contributed by atoms with van der Waals surface area (Å²) in [5.74, 6) is 2.03. The summed E-state index contributed by atoms with van der Waals surface area (Å²) in [5.41, 5.74) is 0. The molecule has 5 nitrogen and oxygen atoms in total. The Kier molecular flexibility index (Phi) is 2.67. The molecule has 1 fully saturated rings.